The van der Waals surface area contributed by atoms with Crippen LogP contribution in [-0.4, -0.2) is 22.9 Å². The Balaban J connectivity index is 1.47. The molecule has 0 amide bonds. The fourth-order valence-electron chi connectivity index (χ4n) is 9.31. The lowest BCUT2D eigenvalue weighted by Crippen LogP contribution is -2.57. The van der Waals surface area contributed by atoms with Gasteiger partial charge in [-0.15, -0.1) is 0 Å². The third-order valence-corrected chi connectivity index (χ3v) is 11.0. The van der Waals surface area contributed by atoms with Gasteiger partial charge in [0.05, 0.1) is 6.10 Å². The van der Waals surface area contributed by atoms with Gasteiger partial charge < -0.3 is 10.2 Å². The van der Waals surface area contributed by atoms with E-state index in [0.29, 0.717) is 29.3 Å². The minimum absolute atomic E-state index is 0.0414. The third-order valence-electron chi connectivity index (χ3n) is 11.0. The van der Waals surface area contributed by atoms with Crippen molar-refractivity contribution in [2.24, 2.45) is 52.3 Å². The van der Waals surface area contributed by atoms with Crippen molar-refractivity contribution in [2.75, 3.05) is 6.61 Å². The lowest BCUT2D eigenvalue weighted by molar-refractivity contribution is -0.164. The van der Waals surface area contributed by atoms with Gasteiger partial charge in [-0.3, -0.25) is 0 Å². The topological polar surface area (TPSA) is 40.5 Å². The third kappa shape index (κ3) is 3.73. The van der Waals surface area contributed by atoms with Gasteiger partial charge in [0, 0.05) is 6.61 Å². The first-order chi connectivity index (χ1) is 13.8. The summed E-state index contributed by atoms with van der Waals surface area (Å²) in [5, 5.41) is 20.7. The van der Waals surface area contributed by atoms with Gasteiger partial charge in [-0.05, 0) is 104 Å². The molecule has 4 rings (SSSR count). The molecule has 2 nitrogen and oxygen atoms in total. The number of hydrogen-bond donors (Lipinski definition) is 2. The predicted octanol–water partition coefficient (Wildman–Crippen LogP) is 6.44. The number of rotatable bonds is 6. The molecule has 10 atom stereocenters. The van der Waals surface area contributed by atoms with E-state index < -0.39 is 0 Å². The van der Waals surface area contributed by atoms with Crippen molar-refractivity contribution in [3.05, 3.63) is 0 Å². The molecule has 0 bridgehead atoms. The van der Waals surface area contributed by atoms with E-state index in [4.69, 9.17) is 0 Å². The summed E-state index contributed by atoms with van der Waals surface area (Å²) in [4.78, 5) is 0. The highest BCUT2D eigenvalue weighted by atomic mass is 16.3. The molecular formula is C27H48O2. The molecule has 0 aliphatic heterocycles. The van der Waals surface area contributed by atoms with Crippen molar-refractivity contribution in [1.29, 1.82) is 0 Å². The van der Waals surface area contributed by atoms with Gasteiger partial charge in [0.15, 0.2) is 0 Å². The summed E-state index contributed by atoms with van der Waals surface area (Å²) >= 11 is 0. The van der Waals surface area contributed by atoms with Crippen LogP contribution >= 0.6 is 0 Å². The number of fused-ring (bicyclic) bond motifs is 5. The zero-order valence-corrected chi connectivity index (χ0v) is 19.7. The van der Waals surface area contributed by atoms with Crippen molar-refractivity contribution in [3.8, 4) is 0 Å². The van der Waals surface area contributed by atoms with Crippen LogP contribution in [0, 0.1) is 52.3 Å². The Labute approximate surface area is 180 Å². The second kappa shape index (κ2) is 8.45. The Morgan fingerprint density at radius 3 is 2.41 bits per heavy atom. The summed E-state index contributed by atoms with van der Waals surface area (Å²) < 4.78 is 0. The first-order valence-electron chi connectivity index (χ1n) is 13.1. The molecule has 0 aromatic carbocycles. The van der Waals surface area contributed by atoms with E-state index >= 15 is 0 Å². The average molecular weight is 405 g/mol. The van der Waals surface area contributed by atoms with Gasteiger partial charge in [-0.25, -0.2) is 0 Å². The molecule has 0 saturated heterocycles. The molecule has 0 aromatic rings. The van der Waals surface area contributed by atoms with Gasteiger partial charge >= 0.3 is 0 Å². The standard InChI is InChI=1S/C27H48O2/c1-18(17-28)8-7-9-19(2)21-11-12-22-25-23(13-15-27(21,22)4)26(3)14-6-5-10-20(26)16-24(25)29/h18-25,28-29H,5-17H2,1-4H3/t18?,19-,20?,21-,22+,23+,24-,25+,26+,27-/m1/s1. The average Bonchev–Trinajstić information content (AvgIpc) is 3.05. The van der Waals surface area contributed by atoms with E-state index in [1.807, 2.05) is 0 Å². The van der Waals surface area contributed by atoms with Gasteiger partial charge in [0.25, 0.3) is 0 Å². The minimum atomic E-state index is -0.0414. The molecule has 2 N–H and O–H groups in total. The van der Waals surface area contributed by atoms with Crippen LogP contribution in [0.25, 0.3) is 0 Å². The Kier molecular flexibility index (Phi) is 6.45. The lowest BCUT2D eigenvalue weighted by atomic mass is 9.44. The molecule has 4 saturated carbocycles. The van der Waals surface area contributed by atoms with E-state index in [1.165, 1.54) is 64.2 Å². The van der Waals surface area contributed by atoms with Crippen LogP contribution in [0.4, 0.5) is 0 Å². The minimum Gasteiger partial charge on any atom is -0.396 e. The van der Waals surface area contributed by atoms with E-state index in [0.717, 1.165) is 42.4 Å². The maximum atomic E-state index is 11.4. The molecular weight excluding hydrogens is 356 g/mol. The molecule has 2 heteroatoms. The fourth-order valence-corrected chi connectivity index (χ4v) is 9.31. The maximum absolute atomic E-state index is 11.4. The van der Waals surface area contributed by atoms with Gasteiger partial charge in [-0.2, -0.15) is 0 Å². The van der Waals surface area contributed by atoms with Crippen molar-refractivity contribution in [1.82, 2.24) is 0 Å². The molecule has 0 radical (unpaired) electrons. The Hall–Kier alpha value is -0.0800. The van der Waals surface area contributed by atoms with Gasteiger partial charge in [-0.1, -0.05) is 53.4 Å². The predicted molar refractivity (Wildman–Crippen MR) is 120 cm³/mol. The van der Waals surface area contributed by atoms with Gasteiger partial charge in [0.2, 0.25) is 0 Å². The highest BCUT2D eigenvalue weighted by molar-refractivity contribution is 5.11. The van der Waals surface area contributed by atoms with Crippen LogP contribution < -0.4 is 0 Å². The van der Waals surface area contributed by atoms with Crippen LogP contribution in [0.15, 0.2) is 0 Å². The second-order valence-corrected chi connectivity index (χ2v) is 12.5. The molecule has 29 heavy (non-hydrogen) atoms. The number of hydrogen-bond acceptors (Lipinski definition) is 2. The Bertz CT molecular complexity index is 561. The Morgan fingerprint density at radius 2 is 1.66 bits per heavy atom. The van der Waals surface area contributed by atoms with Crippen LogP contribution in [-0.2, 0) is 0 Å². The highest BCUT2D eigenvalue weighted by Crippen LogP contribution is 2.68. The first-order valence-corrected chi connectivity index (χ1v) is 13.1. The first kappa shape index (κ1) is 22.1. The van der Waals surface area contributed by atoms with Gasteiger partial charge in [0.1, 0.15) is 0 Å². The quantitative estimate of drug-likeness (QED) is 0.534. The summed E-state index contributed by atoms with van der Waals surface area (Å²) in [6.07, 6.45) is 15.9. The summed E-state index contributed by atoms with van der Waals surface area (Å²) in [6.45, 7) is 10.2. The van der Waals surface area contributed by atoms with Crippen LogP contribution in [0.3, 0.4) is 0 Å². The summed E-state index contributed by atoms with van der Waals surface area (Å²) in [5.74, 6) is 4.94. The smallest absolute Gasteiger partial charge is 0.0577 e. The van der Waals surface area contributed by atoms with E-state index in [2.05, 4.69) is 27.7 Å². The summed E-state index contributed by atoms with van der Waals surface area (Å²) in [6, 6.07) is 0. The molecule has 0 aromatic heterocycles. The highest BCUT2D eigenvalue weighted by Gasteiger charge is 2.62. The summed E-state index contributed by atoms with van der Waals surface area (Å²) in [5.41, 5.74) is 0.954. The monoisotopic (exact) mass is 404 g/mol. The maximum Gasteiger partial charge on any atom is 0.0577 e. The Morgan fingerprint density at radius 1 is 0.897 bits per heavy atom. The van der Waals surface area contributed by atoms with Crippen LogP contribution in [0.2, 0.25) is 0 Å². The van der Waals surface area contributed by atoms with Crippen molar-refractivity contribution < 1.29 is 10.2 Å². The van der Waals surface area contributed by atoms with Crippen LogP contribution in [0.5, 0.6) is 0 Å². The molecule has 168 valence electrons. The molecule has 4 fully saturated rings. The van der Waals surface area contributed by atoms with E-state index in [1.54, 1.807) is 0 Å². The zero-order valence-electron chi connectivity index (χ0n) is 19.7. The fraction of sp³-hybridized carbons (Fsp3) is 1.00. The SMILES string of the molecule is CC(CO)CCC[C@@H](C)[C@H]1CC[C@H]2[C@@H]3[C@H](O)CC4CCCC[C@]4(C)[C@H]3CC[C@]12C. The largest absolute Gasteiger partial charge is 0.396 e. The number of aliphatic hydroxyl groups is 2. The van der Waals surface area contributed by atoms with E-state index in [-0.39, 0.29) is 6.10 Å². The molecule has 4 aliphatic rings. The van der Waals surface area contributed by atoms with E-state index in [9.17, 15) is 10.2 Å². The second-order valence-electron chi connectivity index (χ2n) is 12.5. The molecule has 0 heterocycles. The van der Waals surface area contributed by atoms with Crippen molar-refractivity contribution >= 4 is 0 Å². The zero-order chi connectivity index (χ0) is 20.8. The molecule has 2 unspecified atom stereocenters. The normalized spacial score (nSPS) is 49.0. The lowest BCUT2D eigenvalue weighted by Gasteiger charge is -2.62. The van der Waals surface area contributed by atoms with Crippen LogP contribution in [0.1, 0.15) is 105 Å². The van der Waals surface area contributed by atoms with Crippen molar-refractivity contribution in [3.63, 3.8) is 0 Å². The summed E-state index contributed by atoms with van der Waals surface area (Å²) in [7, 11) is 0. The van der Waals surface area contributed by atoms with Crippen molar-refractivity contribution in [2.45, 2.75) is 111 Å². The molecule has 0 spiro atoms. The number of aliphatic hydroxyl groups excluding tert-OH is 2. The molecule has 4 aliphatic carbocycles.